The molecule has 1 rings (SSSR count). The number of nitrogens with two attached hydrogens (primary N) is 1. The van der Waals surface area contributed by atoms with E-state index >= 15 is 0 Å². The van der Waals surface area contributed by atoms with Crippen molar-refractivity contribution >= 4 is 29.9 Å². The molecule has 0 aliphatic heterocycles. The van der Waals surface area contributed by atoms with Gasteiger partial charge in [-0.25, -0.2) is 4.79 Å². The highest BCUT2D eigenvalue weighted by Gasteiger charge is 2.42. The fourth-order valence-electron chi connectivity index (χ4n) is 3.82. The van der Waals surface area contributed by atoms with Gasteiger partial charge in [0.25, 0.3) is 0 Å². The molecule has 37 heavy (non-hydrogen) atoms. The van der Waals surface area contributed by atoms with Crippen LogP contribution in [-0.2, 0) is 19.1 Å². The van der Waals surface area contributed by atoms with Crippen molar-refractivity contribution in [2.24, 2.45) is 5.73 Å². The molecular formula is C28H44N4O5. The fraction of sp³-hybridized carbons (Fsp3) is 0.571. The minimum Gasteiger partial charge on any atom is -0.444 e. The van der Waals surface area contributed by atoms with Gasteiger partial charge in [0.1, 0.15) is 17.7 Å². The zero-order chi connectivity index (χ0) is 28.4. The molecule has 0 aliphatic rings. The first-order valence-corrected chi connectivity index (χ1v) is 12.7. The molecule has 9 heteroatoms. The predicted molar refractivity (Wildman–Crippen MR) is 145 cm³/mol. The zero-order valence-electron chi connectivity index (χ0n) is 23.3. The summed E-state index contributed by atoms with van der Waals surface area (Å²) in [5.41, 5.74) is 5.09. The Hall–Kier alpha value is -3.36. The van der Waals surface area contributed by atoms with E-state index in [1.807, 2.05) is 6.07 Å². The summed E-state index contributed by atoms with van der Waals surface area (Å²) in [5, 5.41) is 5.43. The maximum Gasteiger partial charge on any atom is 0.408 e. The van der Waals surface area contributed by atoms with Crippen molar-refractivity contribution in [3.8, 4) is 0 Å². The third kappa shape index (κ3) is 10.7. The van der Waals surface area contributed by atoms with E-state index < -0.39 is 47.6 Å². The van der Waals surface area contributed by atoms with Crippen LogP contribution in [0.2, 0.25) is 0 Å². The van der Waals surface area contributed by atoms with Crippen molar-refractivity contribution in [2.75, 3.05) is 6.54 Å². The van der Waals surface area contributed by atoms with Gasteiger partial charge >= 0.3 is 6.09 Å². The van der Waals surface area contributed by atoms with Crippen molar-refractivity contribution in [1.82, 2.24) is 15.5 Å². The molecule has 1 aromatic carbocycles. The van der Waals surface area contributed by atoms with Crippen LogP contribution >= 0.6 is 0 Å². The number of nitrogens with zero attached hydrogens (tertiary/aromatic N) is 1. The van der Waals surface area contributed by atoms with Gasteiger partial charge in [-0.1, -0.05) is 50.6 Å². The summed E-state index contributed by atoms with van der Waals surface area (Å²) in [7, 11) is 0. The van der Waals surface area contributed by atoms with Gasteiger partial charge in [0.2, 0.25) is 17.7 Å². The van der Waals surface area contributed by atoms with Gasteiger partial charge in [0.15, 0.2) is 0 Å². The molecule has 0 heterocycles. The monoisotopic (exact) mass is 516 g/mol. The Morgan fingerprint density at radius 3 is 2.27 bits per heavy atom. The second-order valence-corrected chi connectivity index (χ2v) is 11.0. The van der Waals surface area contributed by atoms with E-state index in [1.165, 1.54) is 4.90 Å². The summed E-state index contributed by atoms with van der Waals surface area (Å²) in [6, 6.07) is 4.82. The van der Waals surface area contributed by atoms with Crippen LogP contribution in [0.5, 0.6) is 0 Å². The number of benzene rings is 1. The van der Waals surface area contributed by atoms with E-state index in [0.29, 0.717) is 12.1 Å². The third-order valence-corrected chi connectivity index (χ3v) is 5.40. The van der Waals surface area contributed by atoms with Crippen LogP contribution in [-0.4, -0.2) is 52.4 Å². The molecule has 0 fully saturated rings. The van der Waals surface area contributed by atoms with E-state index in [-0.39, 0.29) is 5.91 Å². The van der Waals surface area contributed by atoms with Gasteiger partial charge in [-0.15, -0.1) is 0 Å². The third-order valence-electron chi connectivity index (χ3n) is 5.40. The predicted octanol–water partition coefficient (Wildman–Crippen LogP) is 4.07. The highest BCUT2D eigenvalue weighted by Crippen LogP contribution is 2.31. The summed E-state index contributed by atoms with van der Waals surface area (Å²) in [4.78, 5) is 53.5. The molecule has 0 saturated heterocycles. The minimum absolute atomic E-state index is 0.365. The minimum atomic E-state index is -1.33. The number of ether oxygens (including phenoxy) is 1. The number of alkyl carbamates (subject to hydrolysis) is 1. The first-order chi connectivity index (χ1) is 17.1. The number of rotatable bonds is 12. The SMILES string of the molecule is C=Cc1cccc(C(C(=O)NCCCCC)N(C(=O)C(CC(N)=O)NC(=O)OC(C)(C)C)C(C)(C)C)c1. The molecule has 0 aromatic heterocycles. The lowest BCUT2D eigenvalue weighted by Gasteiger charge is -2.43. The molecule has 0 aliphatic carbocycles. The van der Waals surface area contributed by atoms with Gasteiger partial charge in [-0.2, -0.15) is 0 Å². The Kier molecular flexibility index (Phi) is 11.8. The number of amides is 4. The van der Waals surface area contributed by atoms with E-state index in [9.17, 15) is 19.2 Å². The largest absolute Gasteiger partial charge is 0.444 e. The van der Waals surface area contributed by atoms with Crippen LogP contribution in [0.15, 0.2) is 30.8 Å². The van der Waals surface area contributed by atoms with Gasteiger partial charge in [0.05, 0.1) is 6.42 Å². The lowest BCUT2D eigenvalue weighted by atomic mass is 9.94. The topological polar surface area (TPSA) is 131 Å². The van der Waals surface area contributed by atoms with Gasteiger partial charge in [-0.3, -0.25) is 14.4 Å². The first kappa shape index (κ1) is 31.7. The standard InChI is InChI=1S/C28H44N4O5/c1-9-11-12-16-30-24(34)23(20-15-13-14-19(10-2)17-20)32(27(3,4)5)25(35)21(18-22(29)33)31-26(36)37-28(6,7)8/h10,13-15,17,21,23H,2,9,11-12,16,18H2,1,3-8H3,(H2,29,33)(H,30,34)(H,31,36). The van der Waals surface area contributed by atoms with E-state index in [4.69, 9.17) is 10.5 Å². The molecule has 2 atom stereocenters. The summed E-state index contributed by atoms with van der Waals surface area (Å²) in [6.45, 7) is 16.7. The number of hydrogen-bond donors (Lipinski definition) is 3. The van der Waals surface area contributed by atoms with Crippen LogP contribution < -0.4 is 16.4 Å². The van der Waals surface area contributed by atoms with E-state index in [1.54, 1.807) is 65.8 Å². The molecule has 0 spiro atoms. The molecule has 4 N–H and O–H groups in total. The number of nitrogens with one attached hydrogen (secondary N) is 2. The number of carbonyl (C=O) groups excluding carboxylic acids is 4. The quantitative estimate of drug-likeness (QED) is 0.361. The lowest BCUT2D eigenvalue weighted by Crippen LogP contribution is -2.59. The molecule has 1 aromatic rings. The Morgan fingerprint density at radius 2 is 1.76 bits per heavy atom. The molecule has 0 saturated carbocycles. The zero-order valence-corrected chi connectivity index (χ0v) is 23.3. The average Bonchev–Trinajstić information content (AvgIpc) is 2.76. The van der Waals surface area contributed by atoms with Crippen LogP contribution in [0.25, 0.3) is 6.08 Å². The van der Waals surface area contributed by atoms with Crippen LogP contribution in [0.1, 0.15) is 91.3 Å². The smallest absolute Gasteiger partial charge is 0.408 e. The highest BCUT2D eigenvalue weighted by atomic mass is 16.6. The van der Waals surface area contributed by atoms with Crippen LogP contribution in [0.4, 0.5) is 4.79 Å². The maximum atomic E-state index is 14.0. The van der Waals surface area contributed by atoms with Crippen molar-refractivity contribution in [1.29, 1.82) is 0 Å². The van der Waals surface area contributed by atoms with Gasteiger partial charge < -0.3 is 26.0 Å². The van der Waals surface area contributed by atoms with Crippen molar-refractivity contribution in [2.45, 2.75) is 97.4 Å². The maximum absolute atomic E-state index is 14.0. The van der Waals surface area contributed by atoms with Crippen LogP contribution in [0, 0.1) is 0 Å². The van der Waals surface area contributed by atoms with E-state index in [2.05, 4.69) is 24.1 Å². The number of carbonyl (C=O) groups is 4. The average molecular weight is 517 g/mol. The van der Waals surface area contributed by atoms with E-state index in [0.717, 1.165) is 24.8 Å². The number of hydrogen-bond acceptors (Lipinski definition) is 5. The van der Waals surface area contributed by atoms with Crippen molar-refractivity contribution in [3.05, 3.63) is 42.0 Å². The second kappa shape index (κ2) is 13.8. The molecule has 0 radical (unpaired) electrons. The van der Waals surface area contributed by atoms with Crippen LogP contribution in [0.3, 0.4) is 0 Å². The Balaban J connectivity index is 3.55. The normalized spacial score (nSPS) is 13.2. The molecular weight excluding hydrogens is 472 g/mol. The summed E-state index contributed by atoms with van der Waals surface area (Å²) in [5.74, 6) is -1.77. The molecule has 4 amide bonds. The fourth-order valence-corrected chi connectivity index (χ4v) is 3.82. The Labute approximate surface area is 221 Å². The molecule has 9 nitrogen and oxygen atoms in total. The summed E-state index contributed by atoms with van der Waals surface area (Å²) >= 11 is 0. The number of primary amides is 1. The molecule has 206 valence electrons. The first-order valence-electron chi connectivity index (χ1n) is 12.7. The molecule has 0 bridgehead atoms. The Morgan fingerprint density at radius 1 is 1.11 bits per heavy atom. The summed E-state index contributed by atoms with van der Waals surface area (Å²) in [6.07, 6.45) is 3.09. The Bertz CT molecular complexity index is 962. The number of unbranched alkanes of at least 4 members (excludes halogenated alkanes) is 2. The highest BCUT2D eigenvalue weighted by molar-refractivity contribution is 5.95. The van der Waals surface area contributed by atoms with Crippen molar-refractivity contribution in [3.63, 3.8) is 0 Å². The van der Waals surface area contributed by atoms with Crippen molar-refractivity contribution < 1.29 is 23.9 Å². The van der Waals surface area contributed by atoms with Gasteiger partial charge in [0, 0.05) is 12.1 Å². The molecule has 2 unspecified atom stereocenters. The second-order valence-electron chi connectivity index (χ2n) is 11.0. The lowest BCUT2D eigenvalue weighted by molar-refractivity contribution is -0.149. The summed E-state index contributed by atoms with van der Waals surface area (Å²) < 4.78 is 5.30. The van der Waals surface area contributed by atoms with Gasteiger partial charge in [-0.05, 0) is 65.2 Å².